The fraction of sp³-hybridized carbons (Fsp3) is 0.805. The molecule has 0 rings (SSSR count). The highest BCUT2D eigenvalue weighted by Crippen LogP contribution is 2.43. The molecule has 0 radical (unpaired) electrons. The molecule has 0 amide bonds. The van der Waals surface area contributed by atoms with Gasteiger partial charge in [-0.2, -0.15) is 0 Å². The molecule has 0 aliphatic heterocycles. The van der Waals surface area contributed by atoms with Gasteiger partial charge in [-0.25, -0.2) is 4.57 Å². The van der Waals surface area contributed by atoms with Crippen LogP contribution in [0.15, 0.2) is 36.5 Å². The van der Waals surface area contributed by atoms with Crippen LogP contribution < -0.4 is 0 Å². The molecule has 0 aromatic carbocycles. The molecular formula is C41H75O8P. The largest absolute Gasteiger partial charge is 0.472 e. The normalized spacial score (nSPS) is 13.8. The zero-order valence-electron chi connectivity index (χ0n) is 32.3. The van der Waals surface area contributed by atoms with Gasteiger partial charge in [0.1, 0.15) is 6.61 Å². The number of carbonyl (C=O) groups excluding carboxylic acids is 2. The summed E-state index contributed by atoms with van der Waals surface area (Å²) in [6.07, 6.45) is 40.5. The van der Waals surface area contributed by atoms with E-state index < -0.39 is 26.5 Å². The third kappa shape index (κ3) is 36.1. The van der Waals surface area contributed by atoms with Gasteiger partial charge in [0.25, 0.3) is 0 Å². The first-order valence-corrected chi connectivity index (χ1v) is 21.8. The van der Waals surface area contributed by atoms with Crippen LogP contribution in [0.25, 0.3) is 0 Å². The standard InChI is InChI=1S/C41H75O8P/c1-4-7-9-11-13-15-17-19-20-21-22-23-24-26-28-30-32-34-36-41(43)49-39(38-48-50(44,45)47-6-3)37-46-40(42)35-33-31-29-27-25-18-16-14-12-10-8-5-2/h14-17,20-21,39H,4-13,18-19,22-38H2,1-3H3,(H,44,45)/b16-14-,17-15-,21-20-. The van der Waals surface area contributed by atoms with Gasteiger partial charge in [-0.15, -0.1) is 0 Å². The molecule has 2 atom stereocenters. The van der Waals surface area contributed by atoms with Crippen LogP contribution in [0, 0.1) is 0 Å². The highest BCUT2D eigenvalue weighted by Gasteiger charge is 2.25. The van der Waals surface area contributed by atoms with Gasteiger partial charge in [0.2, 0.25) is 0 Å². The average Bonchev–Trinajstić information content (AvgIpc) is 3.09. The first kappa shape index (κ1) is 48.3. The van der Waals surface area contributed by atoms with Gasteiger partial charge < -0.3 is 14.4 Å². The molecule has 0 bridgehead atoms. The molecule has 0 heterocycles. The van der Waals surface area contributed by atoms with Crippen LogP contribution in [0.2, 0.25) is 0 Å². The second-order valence-electron chi connectivity index (χ2n) is 13.3. The van der Waals surface area contributed by atoms with Gasteiger partial charge in [0.05, 0.1) is 13.2 Å². The average molecular weight is 727 g/mol. The number of rotatable bonds is 37. The summed E-state index contributed by atoms with van der Waals surface area (Å²) in [5.74, 6) is -0.817. The maximum absolute atomic E-state index is 12.5. The molecule has 2 unspecified atom stereocenters. The summed E-state index contributed by atoms with van der Waals surface area (Å²) >= 11 is 0. The monoisotopic (exact) mass is 727 g/mol. The van der Waals surface area contributed by atoms with Gasteiger partial charge in [-0.05, 0) is 77.6 Å². The molecule has 0 aromatic rings. The van der Waals surface area contributed by atoms with Crippen molar-refractivity contribution in [3.8, 4) is 0 Å². The van der Waals surface area contributed by atoms with Crippen LogP contribution >= 0.6 is 7.82 Å². The van der Waals surface area contributed by atoms with E-state index in [4.69, 9.17) is 18.5 Å². The Morgan fingerprint density at radius 1 is 0.540 bits per heavy atom. The number of carbonyl (C=O) groups is 2. The van der Waals surface area contributed by atoms with Crippen molar-refractivity contribution in [2.75, 3.05) is 19.8 Å². The van der Waals surface area contributed by atoms with Gasteiger partial charge in [0.15, 0.2) is 6.10 Å². The van der Waals surface area contributed by atoms with Gasteiger partial charge in [0, 0.05) is 12.8 Å². The Hall–Kier alpha value is -1.73. The number of hydrogen-bond acceptors (Lipinski definition) is 7. The van der Waals surface area contributed by atoms with E-state index in [1.165, 1.54) is 77.0 Å². The summed E-state index contributed by atoms with van der Waals surface area (Å²) in [7, 11) is -4.28. The maximum Gasteiger partial charge on any atom is 0.472 e. The van der Waals surface area contributed by atoms with E-state index in [9.17, 15) is 19.0 Å². The molecule has 292 valence electrons. The van der Waals surface area contributed by atoms with Crippen molar-refractivity contribution >= 4 is 19.8 Å². The fourth-order valence-electron chi connectivity index (χ4n) is 5.42. The lowest BCUT2D eigenvalue weighted by atomic mass is 10.1. The quantitative estimate of drug-likeness (QED) is 0.0292. The van der Waals surface area contributed by atoms with Crippen molar-refractivity contribution in [2.24, 2.45) is 0 Å². The molecule has 50 heavy (non-hydrogen) atoms. The van der Waals surface area contributed by atoms with Crippen molar-refractivity contribution in [2.45, 2.75) is 194 Å². The minimum absolute atomic E-state index is 0.00279. The third-order valence-corrected chi connectivity index (χ3v) is 9.48. The number of hydrogen-bond donors (Lipinski definition) is 1. The molecule has 0 aliphatic rings. The molecule has 0 fully saturated rings. The first-order valence-electron chi connectivity index (χ1n) is 20.3. The summed E-state index contributed by atoms with van der Waals surface area (Å²) in [6, 6.07) is 0. The zero-order chi connectivity index (χ0) is 36.8. The molecule has 0 spiro atoms. The van der Waals surface area contributed by atoms with E-state index >= 15 is 0 Å². The Morgan fingerprint density at radius 3 is 1.48 bits per heavy atom. The van der Waals surface area contributed by atoms with Gasteiger partial charge >= 0.3 is 19.8 Å². The van der Waals surface area contributed by atoms with Crippen LogP contribution in [0.3, 0.4) is 0 Å². The Morgan fingerprint density at radius 2 is 0.960 bits per heavy atom. The summed E-state index contributed by atoms with van der Waals surface area (Å²) in [6.45, 7) is 5.41. The van der Waals surface area contributed by atoms with E-state index in [-0.39, 0.29) is 32.0 Å². The topological polar surface area (TPSA) is 108 Å². The summed E-state index contributed by atoms with van der Waals surface area (Å²) in [4.78, 5) is 34.6. The number of phosphoric ester groups is 1. The van der Waals surface area contributed by atoms with E-state index in [0.29, 0.717) is 6.42 Å². The lowest BCUT2D eigenvalue weighted by molar-refractivity contribution is -0.161. The van der Waals surface area contributed by atoms with E-state index in [1.54, 1.807) is 6.92 Å². The van der Waals surface area contributed by atoms with Crippen molar-refractivity contribution in [3.05, 3.63) is 36.5 Å². The Labute approximate surface area is 306 Å². The molecule has 0 saturated carbocycles. The molecule has 1 N–H and O–H groups in total. The van der Waals surface area contributed by atoms with Crippen LogP contribution in [-0.4, -0.2) is 42.8 Å². The predicted molar refractivity (Wildman–Crippen MR) is 207 cm³/mol. The zero-order valence-corrected chi connectivity index (χ0v) is 33.2. The number of esters is 2. The smallest absolute Gasteiger partial charge is 0.462 e. The van der Waals surface area contributed by atoms with Crippen LogP contribution in [0.1, 0.15) is 188 Å². The van der Waals surface area contributed by atoms with Crippen LogP contribution in [0.4, 0.5) is 0 Å². The summed E-state index contributed by atoms with van der Waals surface area (Å²) < 4.78 is 32.5. The minimum Gasteiger partial charge on any atom is -0.462 e. The predicted octanol–water partition coefficient (Wildman–Crippen LogP) is 12.4. The fourth-order valence-corrected chi connectivity index (χ4v) is 6.17. The third-order valence-electron chi connectivity index (χ3n) is 8.42. The first-order chi connectivity index (χ1) is 24.3. The molecule has 0 aliphatic carbocycles. The molecule has 0 saturated heterocycles. The second kappa shape index (κ2) is 37.0. The van der Waals surface area contributed by atoms with Gasteiger partial charge in [-0.3, -0.25) is 18.6 Å². The van der Waals surface area contributed by atoms with E-state index in [2.05, 4.69) is 50.3 Å². The van der Waals surface area contributed by atoms with E-state index in [1.807, 2.05) is 0 Å². The number of allylic oxidation sites excluding steroid dienone is 6. The summed E-state index contributed by atoms with van der Waals surface area (Å²) in [5, 5.41) is 0. The van der Waals surface area contributed by atoms with E-state index in [0.717, 1.165) is 70.6 Å². The van der Waals surface area contributed by atoms with Crippen molar-refractivity contribution < 1.29 is 37.6 Å². The van der Waals surface area contributed by atoms with Crippen LogP contribution in [-0.2, 0) is 32.7 Å². The maximum atomic E-state index is 12.5. The molecule has 8 nitrogen and oxygen atoms in total. The second-order valence-corrected chi connectivity index (χ2v) is 14.7. The lowest BCUT2D eigenvalue weighted by Crippen LogP contribution is -2.29. The Kier molecular flexibility index (Phi) is 35.8. The highest BCUT2D eigenvalue weighted by molar-refractivity contribution is 7.47. The number of ether oxygens (including phenoxy) is 2. The molecule has 9 heteroatoms. The van der Waals surface area contributed by atoms with Crippen molar-refractivity contribution in [3.63, 3.8) is 0 Å². The Balaban J connectivity index is 4.13. The molecule has 0 aromatic heterocycles. The van der Waals surface area contributed by atoms with Crippen molar-refractivity contribution in [1.82, 2.24) is 0 Å². The molecular weight excluding hydrogens is 651 g/mol. The Bertz CT molecular complexity index is 916. The summed E-state index contributed by atoms with van der Waals surface area (Å²) in [5.41, 5.74) is 0. The van der Waals surface area contributed by atoms with Crippen molar-refractivity contribution in [1.29, 1.82) is 0 Å². The van der Waals surface area contributed by atoms with Gasteiger partial charge in [-0.1, -0.05) is 134 Å². The lowest BCUT2D eigenvalue weighted by Gasteiger charge is -2.19. The SMILES string of the molecule is CCCCC/C=C\CCCCCCCC(=O)OCC(COP(=O)(O)OCC)OC(=O)CCCCCCCCC/C=C\C/C=C\CCCCCC. The highest BCUT2D eigenvalue weighted by atomic mass is 31.2. The number of unbranched alkanes of at least 4 members (excludes halogenated alkanes) is 19. The minimum atomic E-state index is -4.28. The number of phosphoric acid groups is 1. The van der Waals surface area contributed by atoms with Crippen LogP contribution in [0.5, 0.6) is 0 Å².